The van der Waals surface area contributed by atoms with Crippen LogP contribution in [0.5, 0.6) is 0 Å². The van der Waals surface area contributed by atoms with Crippen LogP contribution in [-0.4, -0.2) is 16.7 Å². The van der Waals surface area contributed by atoms with Gasteiger partial charge in [-0.05, 0) is 36.2 Å². The molecule has 0 aliphatic rings. The van der Waals surface area contributed by atoms with Gasteiger partial charge in [0.25, 0.3) is 0 Å². The van der Waals surface area contributed by atoms with Gasteiger partial charge in [-0.1, -0.05) is 23.7 Å². The fourth-order valence-electron chi connectivity index (χ4n) is 1.54. The molecule has 0 aliphatic heterocycles. The molecule has 0 unspecified atom stereocenters. The molecule has 0 radical (unpaired) electrons. The number of hydrogen-bond donors (Lipinski definition) is 1. The van der Waals surface area contributed by atoms with Crippen molar-refractivity contribution in [2.75, 3.05) is 6.61 Å². The molecule has 3 heteroatoms. The summed E-state index contributed by atoms with van der Waals surface area (Å²) in [5, 5.41) is 9.60. The maximum absolute atomic E-state index is 8.88. The molecule has 1 aromatic carbocycles. The minimum atomic E-state index is 0.157. The molecule has 2 aromatic rings. The van der Waals surface area contributed by atoms with Gasteiger partial charge in [0.1, 0.15) is 0 Å². The Bertz CT molecular complexity index is 468. The summed E-state index contributed by atoms with van der Waals surface area (Å²) in [7, 11) is 0. The molecule has 1 aromatic heterocycles. The molecule has 1 heterocycles. The minimum absolute atomic E-state index is 0.157. The van der Waals surface area contributed by atoms with E-state index in [1.54, 1.807) is 6.20 Å². The average Bonchev–Trinajstić information content (AvgIpc) is 2.31. The van der Waals surface area contributed by atoms with Gasteiger partial charge >= 0.3 is 0 Å². The Morgan fingerprint density at radius 3 is 2.56 bits per heavy atom. The summed E-state index contributed by atoms with van der Waals surface area (Å²) in [6, 6.07) is 11.5. The van der Waals surface area contributed by atoms with Crippen LogP contribution in [0, 0.1) is 0 Å². The molecule has 16 heavy (non-hydrogen) atoms. The van der Waals surface area contributed by atoms with E-state index in [1.807, 2.05) is 36.4 Å². The standard InChI is InChI=1S/C13H12ClNO/c14-12-3-1-11(2-4-12)13-9-10(6-8-16)5-7-15-13/h1-5,7,9,16H,6,8H2. The third-order valence-electron chi connectivity index (χ3n) is 2.36. The van der Waals surface area contributed by atoms with Crippen LogP contribution in [0.1, 0.15) is 5.56 Å². The van der Waals surface area contributed by atoms with Gasteiger partial charge in [0.15, 0.2) is 0 Å². The third-order valence-corrected chi connectivity index (χ3v) is 2.62. The molecule has 0 atom stereocenters. The highest BCUT2D eigenvalue weighted by atomic mass is 35.5. The van der Waals surface area contributed by atoms with Crippen molar-refractivity contribution in [2.24, 2.45) is 0 Å². The Hall–Kier alpha value is -1.38. The fourth-order valence-corrected chi connectivity index (χ4v) is 1.66. The van der Waals surface area contributed by atoms with Crippen molar-refractivity contribution in [2.45, 2.75) is 6.42 Å². The lowest BCUT2D eigenvalue weighted by Gasteiger charge is -2.03. The van der Waals surface area contributed by atoms with E-state index < -0.39 is 0 Å². The van der Waals surface area contributed by atoms with Gasteiger partial charge in [0.05, 0.1) is 5.69 Å². The largest absolute Gasteiger partial charge is 0.396 e. The normalized spacial score (nSPS) is 10.4. The Balaban J connectivity index is 2.32. The van der Waals surface area contributed by atoms with Crippen LogP contribution >= 0.6 is 11.6 Å². The van der Waals surface area contributed by atoms with Crippen LogP contribution < -0.4 is 0 Å². The van der Waals surface area contributed by atoms with E-state index in [2.05, 4.69) is 4.98 Å². The van der Waals surface area contributed by atoms with Crippen molar-refractivity contribution in [1.29, 1.82) is 0 Å². The van der Waals surface area contributed by atoms with Crippen LogP contribution in [0.15, 0.2) is 42.6 Å². The average molecular weight is 234 g/mol. The number of benzene rings is 1. The SMILES string of the molecule is OCCc1ccnc(-c2ccc(Cl)cc2)c1. The van der Waals surface area contributed by atoms with Gasteiger partial charge in [-0.3, -0.25) is 4.98 Å². The first-order valence-electron chi connectivity index (χ1n) is 5.11. The highest BCUT2D eigenvalue weighted by molar-refractivity contribution is 6.30. The van der Waals surface area contributed by atoms with Gasteiger partial charge in [-0.2, -0.15) is 0 Å². The summed E-state index contributed by atoms with van der Waals surface area (Å²) in [6.07, 6.45) is 2.41. The Labute approximate surface area is 99.5 Å². The molecule has 0 aliphatic carbocycles. The van der Waals surface area contributed by atoms with Gasteiger partial charge in [-0.25, -0.2) is 0 Å². The van der Waals surface area contributed by atoms with E-state index in [0.717, 1.165) is 21.8 Å². The zero-order chi connectivity index (χ0) is 11.4. The third kappa shape index (κ3) is 2.60. The smallest absolute Gasteiger partial charge is 0.0704 e. The summed E-state index contributed by atoms with van der Waals surface area (Å²) >= 11 is 5.83. The van der Waals surface area contributed by atoms with Crippen LogP contribution in [0.4, 0.5) is 0 Å². The summed E-state index contributed by atoms with van der Waals surface area (Å²) in [5.41, 5.74) is 3.02. The molecule has 0 saturated heterocycles. The molecule has 0 amide bonds. The predicted octanol–water partition coefficient (Wildman–Crippen LogP) is 2.94. The summed E-state index contributed by atoms with van der Waals surface area (Å²) in [6.45, 7) is 0.157. The molecule has 82 valence electrons. The lowest BCUT2D eigenvalue weighted by molar-refractivity contribution is 0.299. The van der Waals surface area contributed by atoms with Crippen molar-refractivity contribution < 1.29 is 5.11 Å². The molecular weight excluding hydrogens is 222 g/mol. The zero-order valence-corrected chi connectivity index (χ0v) is 9.48. The maximum atomic E-state index is 8.88. The molecular formula is C13H12ClNO. The van der Waals surface area contributed by atoms with Crippen LogP contribution in [0.3, 0.4) is 0 Å². The van der Waals surface area contributed by atoms with Crippen molar-refractivity contribution in [3.63, 3.8) is 0 Å². The fraction of sp³-hybridized carbons (Fsp3) is 0.154. The highest BCUT2D eigenvalue weighted by Crippen LogP contribution is 2.20. The molecule has 0 bridgehead atoms. The Kier molecular flexibility index (Phi) is 3.54. The molecule has 0 fully saturated rings. The van der Waals surface area contributed by atoms with E-state index in [4.69, 9.17) is 16.7 Å². The number of nitrogens with zero attached hydrogens (tertiary/aromatic N) is 1. The van der Waals surface area contributed by atoms with Gasteiger partial charge in [0.2, 0.25) is 0 Å². The lowest BCUT2D eigenvalue weighted by atomic mass is 10.1. The molecule has 2 rings (SSSR count). The quantitative estimate of drug-likeness (QED) is 0.884. The van der Waals surface area contributed by atoms with Crippen molar-refractivity contribution in [1.82, 2.24) is 4.98 Å². The monoisotopic (exact) mass is 233 g/mol. The lowest BCUT2D eigenvalue weighted by Crippen LogP contribution is -1.92. The number of rotatable bonds is 3. The second-order valence-corrected chi connectivity index (χ2v) is 3.97. The molecule has 0 saturated carbocycles. The van der Waals surface area contributed by atoms with E-state index in [9.17, 15) is 0 Å². The number of aromatic nitrogens is 1. The summed E-state index contributed by atoms with van der Waals surface area (Å²) in [4.78, 5) is 4.30. The first-order valence-corrected chi connectivity index (χ1v) is 5.49. The Morgan fingerprint density at radius 1 is 1.12 bits per heavy atom. The molecule has 0 spiro atoms. The number of hydrogen-bond acceptors (Lipinski definition) is 2. The number of aliphatic hydroxyl groups is 1. The number of aliphatic hydroxyl groups excluding tert-OH is 1. The summed E-state index contributed by atoms with van der Waals surface area (Å²) in [5.74, 6) is 0. The molecule has 1 N–H and O–H groups in total. The van der Waals surface area contributed by atoms with Gasteiger partial charge < -0.3 is 5.11 Å². The first-order chi connectivity index (χ1) is 7.79. The van der Waals surface area contributed by atoms with Crippen molar-refractivity contribution in [3.8, 4) is 11.3 Å². The maximum Gasteiger partial charge on any atom is 0.0704 e. The topological polar surface area (TPSA) is 33.1 Å². The second kappa shape index (κ2) is 5.10. The number of pyridine rings is 1. The Morgan fingerprint density at radius 2 is 1.88 bits per heavy atom. The van der Waals surface area contributed by atoms with E-state index in [-0.39, 0.29) is 6.61 Å². The number of halogens is 1. The minimum Gasteiger partial charge on any atom is -0.396 e. The second-order valence-electron chi connectivity index (χ2n) is 3.53. The van der Waals surface area contributed by atoms with E-state index in [0.29, 0.717) is 6.42 Å². The van der Waals surface area contributed by atoms with Crippen LogP contribution in [0.2, 0.25) is 5.02 Å². The van der Waals surface area contributed by atoms with E-state index >= 15 is 0 Å². The zero-order valence-electron chi connectivity index (χ0n) is 8.73. The predicted molar refractivity (Wildman–Crippen MR) is 65.5 cm³/mol. The van der Waals surface area contributed by atoms with Gasteiger partial charge in [-0.15, -0.1) is 0 Å². The van der Waals surface area contributed by atoms with Crippen molar-refractivity contribution in [3.05, 3.63) is 53.2 Å². The van der Waals surface area contributed by atoms with Crippen LogP contribution in [-0.2, 0) is 6.42 Å². The molecule has 2 nitrogen and oxygen atoms in total. The van der Waals surface area contributed by atoms with Crippen LogP contribution in [0.25, 0.3) is 11.3 Å². The first kappa shape index (κ1) is 11.1. The van der Waals surface area contributed by atoms with E-state index in [1.165, 1.54) is 0 Å². The summed E-state index contributed by atoms with van der Waals surface area (Å²) < 4.78 is 0. The van der Waals surface area contributed by atoms with Gasteiger partial charge in [0, 0.05) is 23.4 Å². The van der Waals surface area contributed by atoms with Crippen molar-refractivity contribution >= 4 is 11.6 Å². The highest BCUT2D eigenvalue weighted by Gasteiger charge is 2.00.